The number of ether oxygens (including phenoxy) is 4. The summed E-state index contributed by atoms with van der Waals surface area (Å²) in [5.74, 6) is -10.9. The van der Waals surface area contributed by atoms with Crippen LogP contribution in [0.4, 0.5) is 0 Å². The van der Waals surface area contributed by atoms with Crippen LogP contribution >= 0.6 is 0 Å². The molecule has 0 aromatic heterocycles. The van der Waals surface area contributed by atoms with Gasteiger partial charge in [-0.2, -0.15) is 0 Å². The first-order valence-electron chi connectivity index (χ1n) is 11.0. The van der Waals surface area contributed by atoms with Crippen molar-refractivity contribution >= 4 is 65.5 Å². The van der Waals surface area contributed by atoms with Crippen LogP contribution in [0.25, 0.3) is 6.08 Å². The van der Waals surface area contributed by atoms with Crippen LogP contribution in [0.2, 0.25) is 0 Å². The van der Waals surface area contributed by atoms with E-state index in [1.807, 2.05) is 0 Å². The number of hydrogen-bond donors (Lipinski definition) is 8. The van der Waals surface area contributed by atoms with Crippen molar-refractivity contribution in [3.63, 3.8) is 0 Å². The minimum absolute atomic E-state index is 0. The summed E-state index contributed by atoms with van der Waals surface area (Å²) in [7, 11) is 0.900. The van der Waals surface area contributed by atoms with Crippen LogP contribution in [-0.4, -0.2) is 158 Å². The molecule has 230 valence electrons. The molecule has 4 unspecified atom stereocenters. The average molecular weight is 618 g/mol. The standard InChI is InChI=1S/C22H26O19.Na.H/c1-36-18-16(38-20(33)11(28)6-24)9(2-3-15(31)40-41-22(35)13(30)8-26)4-14(37-19(32)10(27)5-23)17(18)39-21(34)12(29)7-25;;/h2-4,10-13,23-30H,5-8H2,1H3;;. The van der Waals surface area contributed by atoms with Gasteiger partial charge in [-0.15, -0.1) is 0 Å². The van der Waals surface area contributed by atoms with Crippen LogP contribution in [-0.2, 0) is 33.7 Å². The molecule has 1 rings (SSSR count). The summed E-state index contributed by atoms with van der Waals surface area (Å²) >= 11 is 0. The molecule has 0 aliphatic rings. The molecule has 1 aromatic carbocycles. The van der Waals surface area contributed by atoms with Crippen LogP contribution in [0.3, 0.4) is 0 Å². The fraction of sp³-hybridized carbons (Fsp3) is 0.409. The Balaban J connectivity index is 0.0000168. The van der Waals surface area contributed by atoms with E-state index in [1.165, 1.54) is 0 Å². The summed E-state index contributed by atoms with van der Waals surface area (Å²) in [6, 6.07) is 0.720. The molecular weight excluding hydrogens is 591 g/mol. The molecule has 0 saturated heterocycles. The summed E-state index contributed by atoms with van der Waals surface area (Å²) in [6.45, 7) is -4.43. The van der Waals surface area contributed by atoms with Crippen molar-refractivity contribution < 1.29 is 93.5 Å². The molecule has 0 radical (unpaired) electrons. The molecule has 0 saturated carbocycles. The number of carbonyl (C=O) groups is 5. The second kappa shape index (κ2) is 19.1. The summed E-state index contributed by atoms with van der Waals surface area (Å²) in [5.41, 5.74) is -0.484. The zero-order valence-electron chi connectivity index (χ0n) is 20.9. The van der Waals surface area contributed by atoms with Gasteiger partial charge < -0.3 is 59.8 Å². The van der Waals surface area contributed by atoms with Crippen LogP contribution in [0.1, 0.15) is 5.56 Å². The number of hydrogen-bond acceptors (Lipinski definition) is 19. The zero-order chi connectivity index (χ0) is 31.3. The van der Waals surface area contributed by atoms with E-state index in [4.69, 9.17) is 44.5 Å². The van der Waals surface area contributed by atoms with E-state index in [9.17, 15) is 39.3 Å². The third-order valence-electron chi connectivity index (χ3n) is 4.39. The zero-order valence-corrected chi connectivity index (χ0v) is 20.9. The molecule has 0 amide bonds. The molecule has 20 heteroatoms. The normalized spacial score (nSPS) is 13.5. The third kappa shape index (κ3) is 11.2. The second-order valence-corrected chi connectivity index (χ2v) is 7.35. The Morgan fingerprint density at radius 2 is 1.10 bits per heavy atom. The summed E-state index contributed by atoms with van der Waals surface area (Å²) in [6.07, 6.45) is -7.19. The first kappa shape index (κ1) is 38.8. The number of esters is 3. The number of rotatable bonds is 14. The molecule has 4 atom stereocenters. The fourth-order valence-corrected chi connectivity index (χ4v) is 2.34. The van der Waals surface area contributed by atoms with Crippen LogP contribution in [0, 0.1) is 0 Å². The monoisotopic (exact) mass is 618 g/mol. The van der Waals surface area contributed by atoms with Crippen molar-refractivity contribution in [2.45, 2.75) is 24.4 Å². The summed E-state index contributed by atoms with van der Waals surface area (Å²) in [5, 5.41) is 73.6. The first-order chi connectivity index (χ1) is 19.3. The molecule has 0 bridgehead atoms. The van der Waals surface area contributed by atoms with E-state index >= 15 is 0 Å². The van der Waals surface area contributed by atoms with Gasteiger partial charge in [-0.25, -0.2) is 33.7 Å². The minimum atomic E-state index is -2.14. The van der Waals surface area contributed by atoms with E-state index in [-0.39, 0.29) is 29.6 Å². The van der Waals surface area contributed by atoms with Crippen molar-refractivity contribution in [3.05, 3.63) is 17.7 Å². The Morgan fingerprint density at radius 3 is 1.55 bits per heavy atom. The van der Waals surface area contributed by atoms with Gasteiger partial charge in [0.15, 0.2) is 35.9 Å². The number of benzene rings is 1. The number of carbonyl (C=O) groups excluding carboxylic acids is 5. The van der Waals surface area contributed by atoms with Crippen molar-refractivity contribution in [3.8, 4) is 23.0 Å². The van der Waals surface area contributed by atoms with Crippen molar-refractivity contribution in [1.29, 1.82) is 0 Å². The SMILES string of the molecule is COc1c(OC(=O)C(O)CO)c(C=CC(=O)OOC(=O)C(O)CO)cc(OC(=O)C(O)CO)c1OC(=O)C(O)CO.[NaH]. The quantitative estimate of drug-likeness (QED) is 0.0240. The van der Waals surface area contributed by atoms with Crippen molar-refractivity contribution in [2.75, 3.05) is 33.5 Å². The molecule has 0 aliphatic carbocycles. The van der Waals surface area contributed by atoms with Gasteiger partial charge in [-0.1, -0.05) is 0 Å². The topological polar surface area (TPSA) is 303 Å². The predicted octanol–water partition coefficient (Wildman–Crippen LogP) is -5.81. The Hall–Kier alpha value is -3.21. The molecule has 0 spiro atoms. The first-order valence-corrected chi connectivity index (χ1v) is 11.0. The molecule has 0 heterocycles. The van der Waals surface area contributed by atoms with Gasteiger partial charge >= 0.3 is 59.4 Å². The van der Waals surface area contributed by atoms with Gasteiger partial charge in [-0.05, 0) is 12.1 Å². The van der Waals surface area contributed by atoms with Gasteiger partial charge in [0.25, 0.3) is 0 Å². The maximum atomic E-state index is 12.2. The molecule has 1 aromatic rings. The van der Waals surface area contributed by atoms with E-state index in [0.29, 0.717) is 6.08 Å². The molecule has 8 N–H and O–H groups in total. The van der Waals surface area contributed by atoms with Crippen LogP contribution in [0.15, 0.2) is 12.1 Å². The number of aliphatic hydroxyl groups excluding tert-OH is 8. The molecule has 42 heavy (non-hydrogen) atoms. The third-order valence-corrected chi connectivity index (χ3v) is 4.39. The molecular formula is C22H27NaO19. The Labute approximate surface area is 257 Å². The molecule has 0 aliphatic heterocycles. The molecule has 0 fully saturated rings. The Kier molecular flexibility index (Phi) is 17.6. The number of methoxy groups -OCH3 is 1. The number of aliphatic hydroxyl groups is 8. The predicted molar refractivity (Wildman–Crippen MR) is 131 cm³/mol. The van der Waals surface area contributed by atoms with Gasteiger partial charge in [0.05, 0.1) is 33.5 Å². The maximum absolute atomic E-state index is 12.2. The van der Waals surface area contributed by atoms with E-state index in [0.717, 1.165) is 19.3 Å². The van der Waals surface area contributed by atoms with Crippen molar-refractivity contribution in [1.82, 2.24) is 0 Å². The van der Waals surface area contributed by atoms with Crippen molar-refractivity contribution in [2.24, 2.45) is 0 Å². The average Bonchev–Trinajstić information content (AvgIpc) is 2.97. The molecule has 19 nitrogen and oxygen atoms in total. The van der Waals surface area contributed by atoms with Gasteiger partial charge in [0.2, 0.25) is 11.5 Å². The Morgan fingerprint density at radius 1 is 0.667 bits per heavy atom. The van der Waals surface area contributed by atoms with E-state index in [1.54, 1.807) is 0 Å². The van der Waals surface area contributed by atoms with Gasteiger partial charge in [-0.3, -0.25) is 0 Å². The van der Waals surface area contributed by atoms with Crippen LogP contribution in [0.5, 0.6) is 23.0 Å². The van der Waals surface area contributed by atoms with Gasteiger partial charge in [0.1, 0.15) is 0 Å². The van der Waals surface area contributed by atoms with E-state index in [2.05, 4.69) is 9.78 Å². The van der Waals surface area contributed by atoms with Crippen LogP contribution < -0.4 is 18.9 Å². The second-order valence-electron chi connectivity index (χ2n) is 7.35. The Bertz CT molecular complexity index is 1140. The summed E-state index contributed by atoms with van der Waals surface area (Å²) in [4.78, 5) is 67.9. The van der Waals surface area contributed by atoms with Gasteiger partial charge in [0, 0.05) is 11.6 Å². The summed E-state index contributed by atoms with van der Waals surface area (Å²) < 4.78 is 19.8. The van der Waals surface area contributed by atoms with E-state index < -0.39 is 109 Å². The fourth-order valence-electron chi connectivity index (χ4n) is 2.34.